The van der Waals surface area contributed by atoms with Crippen LogP contribution in [-0.4, -0.2) is 25.2 Å². The van der Waals surface area contributed by atoms with E-state index in [1.807, 2.05) is 0 Å². The van der Waals surface area contributed by atoms with Crippen molar-refractivity contribution in [3.63, 3.8) is 0 Å². The van der Waals surface area contributed by atoms with Gasteiger partial charge in [0.15, 0.2) is 0 Å². The van der Waals surface area contributed by atoms with Crippen LogP contribution in [0.1, 0.15) is 138 Å². The third-order valence-corrected chi connectivity index (χ3v) is 6.03. The Kier molecular flexibility index (Phi) is 17.4. The standard InChI is InChI=1S/C29H48O4/c1-4-5-6-7-8-9-10-11-12-13-14-15-16-19-23-32-28(30)26-20-17-18-21-27(26)29(31)33-24-22-25(2)3/h17-18,20-21,25H,4-16,19,22-24H2,1-3H3. The number of unbranched alkanes of at least 4 members (excludes halogenated alkanes) is 13. The molecule has 0 saturated carbocycles. The molecule has 0 saturated heterocycles. The molecule has 0 aliphatic carbocycles. The predicted octanol–water partition coefficient (Wildman–Crippen LogP) is 8.53. The van der Waals surface area contributed by atoms with Crippen molar-refractivity contribution >= 4 is 11.9 Å². The Bertz CT molecular complexity index is 638. The lowest BCUT2D eigenvalue weighted by Crippen LogP contribution is -2.15. The van der Waals surface area contributed by atoms with E-state index in [2.05, 4.69) is 20.8 Å². The first-order chi connectivity index (χ1) is 16.1. The van der Waals surface area contributed by atoms with E-state index in [1.165, 1.54) is 77.0 Å². The molecule has 0 radical (unpaired) electrons. The van der Waals surface area contributed by atoms with E-state index in [-0.39, 0.29) is 11.1 Å². The van der Waals surface area contributed by atoms with Crippen molar-refractivity contribution in [3.8, 4) is 0 Å². The van der Waals surface area contributed by atoms with E-state index in [4.69, 9.17) is 9.47 Å². The summed E-state index contributed by atoms with van der Waals surface area (Å²) >= 11 is 0. The fourth-order valence-corrected chi connectivity index (χ4v) is 3.84. The van der Waals surface area contributed by atoms with E-state index in [9.17, 15) is 9.59 Å². The Balaban J connectivity index is 2.09. The molecule has 1 aromatic rings. The minimum atomic E-state index is -0.459. The fraction of sp³-hybridized carbons (Fsp3) is 0.724. The molecule has 0 fully saturated rings. The van der Waals surface area contributed by atoms with Crippen molar-refractivity contribution in [2.24, 2.45) is 5.92 Å². The Hall–Kier alpha value is -1.84. The van der Waals surface area contributed by atoms with Crippen LogP contribution in [0.3, 0.4) is 0 Å². The summed E-state index contributed by atoms with van der Waals surface area (Å²) in [5, 5.41) is 0. The Morgan fingerprint density at radius 3 is 1.45 bits per heavy atom. The maximum absolute atomic E-state index is 12.5. The summed E-state index contributed by atoms with van der Waals surface area (Å²) in [6.45, 7) is 7.18. The number of hydrogen-bond acceptors (Lipinski definition) is 4. The van der Waals surface area contributed by atoms with Crippen LogP contribution in [0.2, 0.25) is 0 Å². The highest BCUT2D eigenvalue weighted by Crippen LogP contribution is 2.15. The summed E-state index contributed by atoms with van der Waals surface area (Å²) in [7, 11) is 0. The van der Waals surface area contributed by atoms with Crippen LogP contribution in [0.25, 0.3) is 0 Å². The highest BCUT2D eigenvalue weighted by molar-refractivity contribution is 6.03. The van der Waals surface area contributed by atoms with E-state index >= 15 is 0 Å². The molecule has 0 aromatic heterocycles. The third-order valence-electron chi connectivity index (χ3n) is 6.03. The van der Waals surface area contributed by atoms with Gasteiger partial charge in [0.25, 0.3) is 0 Å². The largest absolute Gasteiger partial charge is 0.462 e. The van der Waals surface area contributed by atoms with E-state index in [1.54, 1.807) is 24.3 Å². The summed E-state index contributed by atoms with van der Waals surface area (Å²) < 4.78 is 10.7. The summed E-state index contributed by atoms with van der Waals surface area (Å²) in [6, 6.07) is 6.74. The van der Waals surface area contributed by atoms with Gasteiger partial charge in [-0.1, -0.05) is 116 Å². The Labute approximate surface area is 202 Å². The molecule has 188 valence electrons. The van der Waals surface area contributed by atoms with Gasteiger partial charge in [-0.05, 0) is 30.9 Å². The monoisotopic (exact) mass is 460 g/mol. The Morgan fingerprint density at radius 1 is 0.636 bits per heavy atom. The van der Waals surface area contributed by atoms with Gasteiger partial charge >= 0.3 is 11.9 Å². The molecule has 1 rings (SSSR count). The lowest BCUT2D eigenvalue weighted by molar-refractivity contribution is 0.0445. The van der Waals surface area contributed by atoms with Gasteiger partial charge in [0.05, 0.1) is 24.3 Å². The second-order valence-electron chi connectivity index (χ2n) is 9.60. The van der Waals surface area contributed by atoms with E-state index in [0.717, 1.165) is 19.3 Å². The predicted molar refractivity (Wildman–Crippen MR) is 137 cm³/mol. The van der Waals surface area contributed by atoms with Crippen LogP contribution in [0.4, 0.5) is 0 Å². The number of ether oxygens (including phenoxy) is 2. The molecule has 33 heavy (non-hydrogen) atoms. The molecule has 0 N–H and O–H groups in total. The highest BCUT2D eigenvalue weighted by atomic mass is 16.5. The molecule has 1 aromatic carbocycles. The molecule has 0 spiro atoms. The summed E-state index contributed by atoms with van der Waals surface area (Å²) in [5.41, 5.74) is 0.574. The second-order valence-corrected chi connectivity index (χ2v) is 9.60. The van der Waals surface area contributed by atoms with E-state index < -0.39 is 11.9 Å². The minimum Gasteiger partial charge on any atom is -0.462 e. The normalized spacial score (nSPS) is 11.0. The SMILES string of the molecule is CCCCCCCCCCCCCCCCOC(=O)c1ccccc1C(=O)OCCC(C)C. The zero-order valence-corrected chi connectivity index (χ0v) is 21.5. The number of carbonyl (C=O) groups is 2. The number of hydrogen-bond donors (Lipinski definition) is 0. The van der Waals surface area contributed by atoms with Crippen molar-refractivity contribution in [1.82, 2.24) is 0 Å². The number of rotatable bonds is 20. The molecule has 0 aliphatic heterocycles. The second kappa shape index (κ2) is 19.6. The number of benzene rings is 1. The Morgan fingerprint density at radius 2 is 1.03 bits per heavy atom. The summed E-state index contributed by atoms with van der Waals surface area (Å²) in [5.74, 6) is -0.441. The minimum absolute atomic E-state index is 0.284. The van der Waals surface area contributed by atoms with Crippen molar-refractivity contribution in [3.05, 3.63) is 35.4 Å². The number of esters is 2. The van der Waals surface area contributed by atoms with Crippen LogP contribution in [0.5, 0.6) is 0 Å². The average Bonchev–Trinajstić information content (AvgIpc) is 2.81. The van der Waals surface area contributed by atoms with Gasteiger partial charge in [-0.3, -0.25) is 0 Å². The van der Waals surface area contributed by atoms with Crippen molar-refractivity contribution in [2.45, 2.75) is 117 Å². The molecule has 4 nitrogen and oxygen atoms in total. The van der Waals surface area contributed by atoms with Crippen molar-refractivity contribution in [1.29, 1.82) is 0 Å². The maximum atomic E-state index is 12.5. The van der Waals surface area contributed by atoms with Crippen LogP contribution in [0, 0.1) is 5.92 Å². The molecular formula is C29H48O4. The molecule has 0 atom stereocenters. The molecule has 0 heterocycles. The molecule has 0 amide bonds. The quantitative estimate of drug-likeness (QED) is 0.144. The summed E-state index contributed by atoms with van der Waals surface area (Å²) in [6.07, 6.45) is 18.9. The van der Waals surface area contributed by atoms with Crippen molar-refractivity contribution in [2.75, 3.05) is 13.2 Å². The van der Waals surface area contributed by atoms with Gasteiger partial charge in [0.2, 0.25) is 0 Å². The maximum Gasteiger partial charge on any atom is 0.339 e. The molecule has 0 aliphatic rings. The molecule has 4 heteroatoms. The highest BCUT2D eigenvalue weighted by Gasteiger charge is 2.18. The molecular weight excluding hydrogens is 412 g/mol. The molecule has 0 bridgehead atoms. The van der Waals surface area contributed by atoms with Gasteiger partial charge in [-0.25, -0.2) is 9.59 Å². The summed E-state index contributed by atoms with van der Waals surface area (Å²) in [4.78, 5) is 24.8. The zero-order chi connectivity index (χ0) is 24.2. The third kappa shape index (κ3) is 14.8. The lowest BCUT2D eigenvalue weighted by Gasteiger charge is -2.10. The topological polar surface area (TPSA) is 52.6 Å². The first kappa shape index (κ1) is 29.2. The average molecular weight is 461 g/mol. The van der Waals surface area contributed by atoms with Crippen molar-refractivity contribution < 1.29 is 19.1 Å². The first-order valence-electron chi connectivity index (χ1n) is 13.5. The first-order valence-corrected chi connectivity index (χ1v) is 13.5. The van der Waals surface area contributed by atoms with Gasteiger partial charge in [0.1, 0.15) is 0 Å². The smallest absolute Gasteiger partial charge is 0.339 e. The van der Waals surface area contributed by atoms with E-state index in [0.29, 0.717) is 19.1 Å². The van der Waals surface area contributed by atoms with Crippen LogP contribution < -0.4 is 0 Å². The fourth-order valence-electron chi connectivity index (χ4n) is 3.84. The lowest BCUT2D eigenvalue weighted by atomic mass is 10.0. The van der Waals surface area contributed by atoms with Crippen LogP contribution in [0.15, 0.2) is 24.3 Å². The van der Waals surface area contributed by atoms with Gasteiger partial charge in [-0.2, -0.15) is 0 Å². The van der Waals surface area contributed by atoms with Gasteiger partial charge in [-0.15, -0.1) is 0 Å². The van der Waals surface area contributed by atoms with Gasteiger partial charge in [0, 0.05) is 0 Å². The van der Waals surface area contributed by atoms with Crippen LogP contribution >= 0.6 is 0 Å². The van der Waals surface area contributed by atoms with Crippen LogP contribution in [-0.2, 0) is 9.47 Å². The van der Waals surface area contributed by atoms with Gasteiger partial charge < -0.3 is 9.47 Å². The number of carbonyl (C=O) groups excluding carboxylic acids is 2. The zero-order valence-electron chi connectivity index (χ0n) is 21.5. The molecule has 0 unspecified atom stereocenters.